The minimum absolute atomic E-state index is 0.242. The highest BCUT2D eigenvalue weighted by Gasteiger charge is 2.22. The molecule has 0 saturated heterocycles. The van der Waals surface area contributed by atoms with Crippen LogP contribution < -0.4 is 0 Å². The highest BCUT2D eigenvalue weighted by Crippen LogP contribution is 2.29. The predicted molar refractivity (Wildman–Crippen MR) is 70.7 cm³/mol. The van der Waals surface area contributed by atoms with Crippen LogP contribution in [0.3, 0.4) is 0 Å². The normalized spacial score (nSPS) is 10.6. The van der Waals surface area contributed by atoms with Crippen LogP contribution in [0.5, 0.6) is 0 Å². The average molecular weight is 222 g/mol. The summed E-state index contributed by atoms with van der Waals surface area (Å²) in [5.41, 5.74) is 1.51. The lowest BCUT2D eigenvalue weighted by molar-refractivity contribution is 0.435. The Hall–Kier alpha value is -0.920. The van der Waals surface area contributed by atoms with Gasteiger partial charge in [0, 0.05) is 18.8 Å². The van der Waals surface area contributed by atoms with Crippen LogP contribution in [0.1, 0.15) is 65.8 Å². The molecule has 0 unspecified atom stereocenters. The highest BCUT2D eigenvalue weighted by atomic mass is 14.9. The van der Waals surface area contributed by atoms with E-state index in [0.29, 0.717) is 0 Å². The third-order valence-electron chi connectivity index (χ3n) is 3.28. The van der Waals surface area contributed by atoms with Crippen LogP contribution >= 0.6 is 0 Å². The second-order valence-electron chi connectivity index (χ2n) is 4.01. The van der Waals surface area contributed by atoms with E-state index in [0.717, 1.165) is 25.1 Å². The summed E-state index contributed by atoms with van der Waals surface area (Å²) >= 11 is 0. The summed E-state index contributed by atoms with van der Waals surface area (Å²) < 4.78 is 0. The number of aryl methyl sites for hydroxylation is 1. The van der Waals surface area contributed by atoms with Crippen LogP contribution in [-0.2, 0) is 11.8 Å². The van der Waals surface area contributed by atoms with Crippen molar-refractivity contribution in [2.24, 2.45) is 0 Å². The van der Waals surface area contributed by atoms with E-state index in [-0.39, 0.29) is 5.41 Å². The average Bonchev–Trinajstić information content (AvgIpc) is 2.40. The van der Waals surface area contributed by atoms with Crippen molar-refractivity contribution in [3.05, 3.63) is 23.8 Å². The monoisotopic (exact) mass is 222 g/mol. The first-order valence-electron chi connectivity index (χ1n) is 6.47. The van der Waals surface area contributed by atoms with Gasteiger partial charge in [0.05, 0.1) is 0 Å². The number of aromatic nitrogens is 2. The quantitative estimate of drug-likeness (QED) is 0.765. The fraction of sp³-hybridized carbons (Fsp3) is 0.714. The van der Waals surface area contributed by atoms with E-state index in [9.17, 15) is 0 Å². The molecule has 1 aromatic rings. The standard InChI is InChI=1S/C12H20N2.C2H6/c1-5-11-13-8-10(9-14-11)12(4,6-2)7-3;1-2/h8-9H,5-7H2,1-4H3;1-2H3. The molecule has 1 heterocycles. The topological polar surface area (TPSA) is 25.8 Å². The van der Waals surface area contributed by atoms with Gasteiger partial charge in [-0.05, 0) is 23.8 Å². The lowest BCUT2D eigenvalue weighted by Crippen LogP contribution is -2.20. The lowest BCUT2D eigenvalue weighted by atomic mass is 9.79. The molecule has 16 heavy (non-hydrogen) atoms. The Kier molecular flexibility index (Phi) is 6.95. The van der Waals surface area contributed by atoms with Crippen molar-refractivity contribution in [1.29, 1.82) is 0 Å². The number of hydrogen-bond acceptors (Lipinski definition) is 2. The first-order chi connectivity index (χ1) is 7.66. The number of hydrogen-bond donors (Lipinski definition) is 0. The summed E-state index contributed by atoms with van der Waals surface area (Å²) in [5, 5.41) is 0. The number of rotatable bonds is 4. The molecule has 0 N–H and O–H groups in total. The van der Waals surface area contributed by atoms with Gasteiger partial charge in [0.25, 0.3) is 0 Å². The molecule has 0 aliphatic heterocycles. The van der Waals surface area contributed by atoms with E-state index in [1.807, 2.05) is 26.2 Å². The van der Waals surface area contributed by atoms with Crippen LogP contribution in [0.4, 0.5) is 0 Å². The largest absolute Gasteiger partial charge is 0.241 e. The first-order valence-corrected chi connectivity index (χ1v) is 6.47. The molecular weight excluding hydrogens is 196 g/mol. The molecule has 0 amide bonds. The Morgan fingerprint density at radius 2 is 1.44 bits per heavy atom. The van der Waals surface area contributed by atoms with Gasteiger partial charge in [0.1, 0.15) is 5.82 Å². The third-order valence-corrected chi connectivity index (χ3v) is 3.28. The van der Waals surface area contributed by atoms with E-state index in [1.54, 1.807) is 0 Å². The van der Waals surface area contributed by atoms with E-state index in [4.69, 9.17) is 0 Å². The Labute approximate surface area is 101 Å². The van der Waals surface area contributed by atoms with Crippen molar-refractivity contribution in [3.63, 3.8) is 0 Å². The molecule has 1 aromatic heterocycles. The maximum absolute atomic E-state index is 4.35. The van der Waals surface area contributed by atoms with E-state index < -0.39 is 0 Å². The second-order valence-corrected chi connectivity index (χ2v) is 4.01. The SMILES string of the molecule is CC.CCc1ncc(C(C)(CC)CC)cn1. The molecule has 0 aliphatic rings. The molecule has 0 aliphatic carbocycles. The summed E-state index contributed by atoms with van der Waals surface area (Å²) in [7, 11) is 0. The van der Waals surface area contributed by atoms with Gasteiger partial charge in [-0.25, -0.2) is 9.97 Å². The molecule has 0 spiro atoms. The molecule has 1 rings (SSSR count). The lowest BCUT2D eigenvalue weighted by Gasteiger charge is -2.26. The maximum Gasteiger partial charge on any atom is 0.127 e. The molecule has 2 heteroatoms. The highest BCUT2D eigenvalue weighted by molar-refractivity contribution is 5.17. The van der Waals surface area contributed by atoms with Gasteiger partial charge in [0.15, 0.2) is 0 Å². The van der Waals surface area contributed by atoms with Gasteiger partial charge in [-0.3, -0.25) is 0 Å². The minimum Gasteiger partial charge on any atom is -0.241 e. The Morgan fingerprint density at radius 3 is 1.75 bits per heavy atom. The van der Waals surface area contributed by atoms with Crippen molar-refractivity contribution < 1.29 is 0 Å². The van der Waals surface area contributed by atoms with Crippen LogP contribution in [-0.4, -0.2) is 9.97 Å². The van der Waals surface area contributed by atoms with Crippen LogP contribution in [0.2, 0.25) is 0 Å². The van der Waals surface area contributed by atoms with Gasteiger partial charge >= 0.3 is 0 Å². The third kappa shape index (κ3) is 3.58. The van der Waals surface area contributed by atoms with Crippen LogP contribution in [0.25, 0.3) is 0 Å². The fourth-order valence-electron chi connectivity index (χ4n) is 1.51. The van der Waals surface area contributed by atoms with E-state index in [1.165, 1.54) is 5.56 Å². The molecule has 2 nitrogen and oxygen atoms in total. The molecule has 0 radical (unpaired) electrons. The smallest absolute Gasteiger partial charge is 0.127 e. The zero-order chi connectivity index (χ0) is 12.6. The summed E-state index contributed by atoms with van der Waals surface area (Å²) in [5.74, 6) is 0.934. The molecule has 0 atom stereocenters. The zero-order valence-corrected chi connectivity index (χ0v) is 11.7. The van der Waals surface area contributed by atoms with Crippen molar-refractivity contribution in [2.45, 2.75) is 66.2 Å². The van der Waals surface area contributed by atoms with Gasteiger partial charge < -0.3 is 0 Å². The van der Waals surface area contributed by atoms with E-state index >= 15 is 0 Å². The van der Waals surface area contributed by atoms with Crippen LogP contribution in [0, 0.1) is 0 Å². The molecular formula is C14H26N2. The van der Waals surface area contributed by atoms with Crippen LogP contribution in [0.15, 0.2) is 12.4 Å². The summed E-state index contributed by atoms with van der Waals surface area (Å²) in [6.07, 6.45) is 7.16. The predicted octanol–water partition coefficient (Wildman–Crippen LogP) is 4.14. The minimum atomic E-state index is 0.242. The Morgan fingerprint density at radius 1 is 1.00 bits per heavy atom. The zero-order valence-electron chi connectivity index (χ0n) is 11.7. The van der Waals surface area contributed by atoms with Gasteiger partial charge in [0.2, 0.25) is 0 Å². The second kappa shape index (κ2) is 7.37. The first kappa shape index (κ1) is 15.1. The van der Waals surface area contributed by atoms with Gasteiger partial charge in [-0.1, -0.05) is 41.5 Å². The van der Waals surface area contributed by atoms with Crippen molar-refractivity contribution in [2.75, 3.05) is 0 Å². The number of nitrogens with zero attached hydrogens (tertiary/aromatic N) is 2. The molecule has 0 saturated carbocycles. The van der Waals surface area contributed by atoms with Crippen molar-refractivity contribution in [1.82, 2.24) is 9.97 Å². The summed E-state index contributed by atoms with van der Waals surface area (Å²) in [6.45, 7) is 12.8. The fourth-order valence-corrected chi connectivity index (χ4v) is 1.51. The molecule has 0 bridgehead atoms. The van der Waals surface area contributed by atoms with Crippen molar-refractivity contribution in [3.8, 4) is 0 Å². The van der Waals surface area contributed by atoms with E-state index in [2.05, 4.69) is 37.7 Å². The molecule has 0 fully saturated rings. The maximum atomic E-state index is 4.35. The molecule has 92 valence electrons. The molecule has 0 aromatic carbocycles. The summed E-state index contributed by atoms with van der Waals surface area (Å²) in [6, 6.07) is 0. The Bertz CT molecular complexity index is 273. The van der Waals surface area contributed by atoms with Gasteiger partial charge in [-0.2, -0.15) is 0 Å². The van der Waals surface area contributed by atoms with Gasteiger partial charge in [-0.15, -0.1) is 0 Å². The van der Waals surface area contributed by atoms with Crippen molar-refractivity contribution >= 4 is 0 Å². The Balaban J connectivity index is 0.00000106. The summed E-state index contributed by atoms with van der Waals surface area (Å²) in [4.78, 5) is 8.70.